The molecule has 18 heavy (non-hydrogen) atoms. The fourth-order valence-corrected chi connectivity index (χ4v) is 1.77. The van der Waals surface area contributed by atoms with Crippen molar-refractivity contribution in [3.63, 3.8) is 0 Å². The number of hydrogen-bond donors (Lipinski definition) is 1. The largest absolute Gasteiger partial charge is 0.338 e. The Bertz CT molecular complexity index is 546. The Labute approximate surface area is 110 Å². The summed E-state index contributed by atoms with van der Waals surface area (Å²) in [5, 5.41) is 3.26. The monoisotopic (exact) mass is 265 g/mol. The van der Waals surface area contributed by atoms with Gasteiger partial charge in [-0.1, -0.05) is 30.7 Å². The topological polar surface area (TPSA) is 37.8 Å². The van der Waals surface area contributed by atoms with E-state index < -0.39 is 0 Å². The molecule has 0 unspecified atom stereocenters. The van der Waals surface area contributed by atoms with Gasteiger partial charge in [0.1, 0.15) is 22.6 Å². The predicted octanol–water partition coefficient (Wildman–Crippen LogP) is 3.97. The smallest absolute Gasteiger partial charge is 0.146 e. The Morgan fingerprint density at radius 3 is 2.78 bits per heavy atom. The Morgan fingerprint density at radius 1 is 1.28 bits per heavy atom. The van der Waals surface area contributed by atoms with Gasteiger partial charge in [0, 0.05) is 12.5 Å². The minimum absolute atomic E-state index is 0.329. The molecule has 0 saturated carbocycles. The lowest BCUT2D eigenvalue weighted by molar-refractivity contribution is 0.631. The molecule has 0 amide bonds. The molecule has 5 heteroatoms. The Morgan fingerprint density at radius 2 is 2.06 bits per heavy atom. The first kappa shape index (κ1) is 12.8. The Kier molecular flexibility index (Phi) is 4.10. The Balaban J connectivity index is 2.26. The zero-order chi connectivity index (χ0) is 13.0. The molecule has 1 N–H and O–H groups in total. The third-order valence-corrected chi connectivity index (χ3v) is 2.55. The second-order valence-electron chi connectivity index (χ2n) is 3.85. The maximum absolute atomic E-state index is 13.5. The van der Waals surface area contributed by atoms with Gasteiger partial charge in [0.15, 0.2) is 0 Å². The van der Waals surface area contributed by atoms with E-state index in [4.69, 9.17) is 11.6 Å². The van der Waals surface area contributed by atoms with Crippen molar-refractivity contribution in [3.05, 3.63) is 47.1 Å². The number of para-hydroxylation sites is 1. The highest BCUT2D eigenvalue weighted by molar-refractivity contribution is 6.29. The number of nitrogens with zero attached hydrogens (tertiary/aromatic N) is 2. The summed E-state index contributed by atoms with van der Waals surface area (Å²) in [5.74, 6) is 0.830. The van der Waals surface area contributed by atoms with Crippen molar-refractivity contribution in [2.24, 2.45) is 0 Å². The summed E-state index contributed by atoms with van der Waals surface area (Å²) in [6.45, 7) is 2.04. The molecule has 2 aromatic rings. The highest BCUT2D eigenvalue weighted by Crippen LogP contribution is 2.20. The van der Waals surface area contributed by atoms with E-state index in [2.05, 4.69) is 15.3 Å². The van der Waals surface area contributed by atoms with E-state index in [0.29, 0.717) is 22.5 Å². The molecule has 3 nitrogen and oxygen atoms in total. The molecule has 1 heterocycles. The van der Waals surface area contributed by atoms with Crippen molar-refractivity contribution < 1.29 is 4.39 Å². The third-order valence-electron chi connectivity index (χ3n) is 2.35. The molecule has 1 aromatic heterocycles. The minimum atomic E-state index is -0.329. The normalized spacial score (nSPS) is 10.4. The quantitative estimate of drug-likeness (QED) is 0.850. The van der Waals surface area contributed by atoms with Crippen LogP contribution in [0, 0.1) is 5.82 Å². The van der Waals surface area contributed by atoms with Crippen LogP contribution in [-0.2, 0) is 6.42 Å². The summed E-state index contributed by atoms with van der Waals surface area (Å²) in [6, 6.07) is 7.99. The van der Waals surface area contributed by atoms with Gasteiger partial charge in [0.05, 0.1) is 5.69 Å². The maximum atomic E-state index is 13.5. The summed E-state index contributed by atoms with van der Waals surface area (Å²) in [7, 11) is 0. The molecule has 0 aliphatic rings. The van der Waals surface area contributed by atoms with Crippen molar-refractivity contribution in [3.8, 4) is 0 Å². The summed E-state index contributed by atoms with van der Waals surface area (Å²) in [5.41, 5.74) is 0.370. The molecule has 0 saturated heterocycles. The van der Waals surface area contributed by atoms with Crippen molar-refractivity contribution >= 4 is 23.1 Å². The summed E-state index contributed by atoms with van der Waals surface area (Å²) < 4.78 is 13.5. The predicted molar refractivity (Wildman–Crippen MR) is 70.7 cm³/mol. The van der Waals surface area contributed by atoms with Crippen molar-refractivity contribution in [1.82, 2.24) is 9.97 Å². The van der Waals surface area contributed by atoms with Gasteiger partial charge in [-0.25, -0.2) is 14.4 Å². The SMILES string of the molecule is CCCc1nc(Cl)cc(Nc2ccccc2F)n1. The number of nitrogens with one attached hydrogen (secondary N) is 1. The van der Waals surface area contributed by atoms with Crippen LogP contribution in [0.15, 0.2) is 30.3 Å². The first-order chi connectivity index (χ1) is 8.69. The minimum Gasteiger partial charge on any atom is -0.338 e. The second kappa shape index (κ2) is 5.78. The fourth-order valence-electron chi connectivity index (χ4n) is 1.56. The number of rotatable bonds is 4. The highest BCUT2D eigenvalue weighted by atomic mass is 35.5. The van der Waals surface area contributed by atoms with Gasteiger partial charge in [-0.15, -0.1) is 0 Å². The second-order valence-corrected chi connectivity index (χ2v) is 4.23. The van der Waals surface area contributed by atoms with Crippen LogP contribution >= 0.6 is 11.6 Å². The summed E-state index contributed by atoms with van der Waals surface area (Å²) >= 11 is 5.91. The average molecular weight is 266 g/mol. The molecule has 1 aromatic carbocycles. The number of benzene rings is 1. The van der Waals surface area contributed by atoms with Crippen molar-refractivity contribution in [1.29, 1.82) is 0 Å². The number of aromatic nitrogens is 2. The van der Waals surface area contributed by atoms with Gasteiger partial charge in [0.25, 0.3) is 0 Å². The molecule has 0 atom stereocenters. The third kappa shape index (κ3) is 3.17. The van der Waals surface area contributed by atoms with Gasteiger partial charge in [0.2, 0.25) is 0 Å². The van der Waals surface area contributed by atoms with E-state index in [1.165, 1.54) is 6.07 Å². The van der Waals surface area contributed by atoms with Crippen LogP contribution in [0.25, 0.3) is 0 Å². The first-order valence-corrected chi connectivity index (χ1v) is 6.12. The lowest BCUT2D eigenvalue weighted by Crippen LogP contribution is -2.01. The molecular weight excluding hydrogens is 253 g/mol. The number of hydrogen-bond acceptors (Lipinski definition) is 3. The fraction of sp³-hybridized carbons (Fsp3) is 0.231. The molecule has 94 valence electrons. The van der Waals surface area contributed by atoms with Crippen LogP contribution in [0.1, 0.15) is 19.2 Å². The molecule has 0 bridgehead atoms. The maximum Gasteiger partial charge on any atom is 0.146 e. The number of aryl methyl sites for hydroxylation is 1. The molecule has 0 spiro atoms. The van der Waals surface area contributed by atoms with Crippen LogP contribution in [0.2, 0.25) is 5.15 Å². The van der Waals surface area contributed by atoms with Crippen molar-refractivity contribution in [2.75, 3.05) is 5.32 Å². The molecule has 0 aliphatic heterocycles. The molecule has 2 rings (SSSR count). The van der Waals surface area contributed by atoms with Crippen LogP contribution in [0.3, 0.4) is 0 Å². The summed E-state index contributed by atoms with van der Waals surface area (Å²) in [6.07, 6.45) is 1.67. The highest BCUT2D eigenvalue weighted by Gasteiger charge is 2.05. The molecule has 0 fully saturated rings. The zero-order valence-corrected chi connectivity index (χ0v) is 10.7. The Hall–Kier alpha value is -1.68. The van der Waals surface area contributed by atoms with E-state index >= 15 is 0 Å². The zero-order valence-electron chi connectivity index (χ0n) is 9.95. The van der Waals surface area contributed by atoms with E-state index in [0.717, 1.165) is 12.8 Å². The standard InChI is InChI=1S/C13H13ClFN3/c1-2-5-12-17-11(14)8-13(18-12)16-10-7-4-3-6-9(10)15/h3-4,6-8H,2,5H2,1H3,(H,16,17,18). The van der Waals surface area contributed by atoms with Gasteiger partial charge in [-0.2, -0.15) is 0 Å². The van der Waals surface area contributed by atoms with Crippen molar-refractivity contribution in [2.45, 2.75) is 19.8 Å². The summed E-state index contributed by atoms with van der Waals surface area (Å²) in [4.78, 5) is 8.39. The van der Waals surface area contributed by atoms with E-state index in [1.807, 2.05) is 6.92 Å². The molecule has 0 aliphatic carbocycles. The first-order valence-electron chi connectivity index (χ1n) is 5.74. The molecule has 0 radical (unpaired) electrons. The number of halogens is 2. The van der Waals surface area contributed by atoms with E-state index in [9.17, 15) is 4.39 Å². The molecular formula is C13H13ClFN3. The lowest BCUT2D eigenvalue weighted by atomic mass is 10.3. The van der Waals surface area contributed by atoms with Gasteiger partial charge < -0.3 is 5.32 Å². The van der Waals surface area contributed by atoms with E-state index in [1.54, 1.807) is 24.3 Å². The van der Waals surface area contributed by atoms with E-state index in [-0.39, 0.29) is 5.82 Å². The van der Waals surface area contributed by atoms with Crippen LogP contribution in [0.4, 0.5) is 15.9 Å². The van der Waals surface area contributed by atoms with Crippen LogP contribution in [0.5, 0.6) is 0 Å². The van der Waals surface area contributed by atoms with Gasteiger partial charge in [-0.3, -0.25) is 0 Å². The lowest BCUT2D eigenvalue weighted by Gasteiger charge is -2.08. The van der Waals surface area contributed by atoms with Crippen LogP contribution in [-0.4, -0.2) is 9.97 Å². The van der Waals surface area contributed by atoms with Crippen LogP contribution < -0.4 is 5.32 Å². The van der Waals surface area contributed by atoms with Gasteiger partial charge >= 0.3 is 0 Å². The van der Waals surface area contributed by atoms with Gasteiger partial charge in [-0.05, 0) is 18.6 Å². The average Bonchev–Trinajstić information content (AvgIpc) is 2.32. The number of anilines is 2.